The van der Waals surface area contributed by atoms with Gasteiger partial charge in [0.25, 0.3) is 0 Å². The van der Waals surface area contributed by atoms with Crippen LogP contribution < -0.4 is 0 Å². The number of amides is 1. The normalized spacial score (nSPS) is 20.0. The molecular formula is C17H21F2N3O2. The minimum Gasteiger partial charge on any atom is -0.388 e. The molecule has 0 atom stereocenters. The molecular weight excluding hydrogens is 316 g/mol. The molecule has 7 heteroatoms. The molecule has 1 spiro atoms. The third-order valence-electron chi connectivity index (χ3n) is 4.60. The molecule has 0 aliphatic carbocycles. The van der Waals surface area contributed by atoms with Crippen LogP contribution in [0, 0.1) is 0 Å². The molecule has 130 valence electrons. The summed E-state index contributed by atoms with van der Waals surface area (Å²) in [5.41, 5.74) is 1.23. The summed E-state index contributed by atoms with van der Waals surface area (Å²) in [5.74, 6) is -3.01. The van der Waals surface area contributed by atoms with Gasteiger partial charge < -0.3 is 9.74 Å². The Balaban J connectivity index is 1.52. The second kappa shape index (κ2) is 6.45. The average Bonchev–Trinajstić information content (AvgIpc) is 2.97. The van der Waals surface area contributed by atoms with E-state index < -0.39 is 17.9 Å². The predicted octanol–water partition coefficient (Wildman–Crippen LogP) is 3.00. The number of halogens is 2. The molecule has 0 unspecified atom stereocenters. The molecule has 3 rings (SSSR count). The lowest BCUT2D eigenvalue weighted by Crippen LogP contribution is -2.47. The van der Waals surface area contributed by atoms with E-state index in [1.54, 1.807) is 11.1 Å². The highest BCUT2D eigenvalue weighted by atomic mass is 19.3. The van der Waals surface area contributed by atoms with Crippen LogP contribution in [0.1, 0.15) is 44.7 Å². The molecule has 0 N–H and O–H groups in total. The first-order valence-corrected chi connectivity index (χ1v) is 8.19. The number of likely N-dealkylation sites (tertiary alicyclic amines) is 1. The maximum absolute atomic E-state index is 12.9. The van der Waals surface area contributed by atoms with Crippen LogP contribution in [0.4, 0.5) is 8.78 Å². The Kier molecular flexibility index (Phi) is 4.51. The third kappa shape index (κ3) is 3.88. The van der Waals surface area contributed by atoms with Gasteiger partial charge in [0.05, 0.1) is 5.69 Å². The van der Waals surface area contributed by atoms with Gasteiger partial charge in [0.15, 0.2) is 0 Å². The fourth-order valence-corrected chi connectivity index (χ4v) is 3.11. The van der Waals surface area contributed by atoms with Crippen molar-refractivity contribution < 1.29 is 18.4 Å². The minimum absolute atomic E-state index is 0.118. The van der Waals surface area contributed by atoms with Crippen LogP contribution in [-0.2, 0) is 9.63 Å². The molecule has 1 fully saturated rings. The first kappa shape index (κ1) is 16.8. The van der Waals surface area contributed by atoms with E-state index in [2.05, 4.69) is 10.1 Å². The van der Waals surface area contributed by atoms with Gasteiger partial charge in [-0.2, -0.15) is 0 Å². The van der Waals surface area contributed by atoms with E-state index in [4.69, 9.17) is 4.84 Å². The van der Waals surface area contributed by atoms with Crippen LogP contribution in [0.3, 0.4) is 0 Å². The number of aromatic nitrogens is 1. The Hall–Kier alpha value is -2.05. The van der Waals surface area contributed by atoms with Crippen molar-refractivity contribution >= 4 is 11.6 Å². The number of pyridine rings is 1. The van der Waals surface area contributed by atoms with Crippen molar-refractivity contribution in [3.8, 4) is 0 Å². The zero-order valence-electron chi connectivity index (χ0n) is 13.7. The topological polar surface area (TPSA) is 54.8 Å². The number of nitrogens with zero attached hydrogens (tertiary/aromatic N) is 3. The fraction of sp³-hybridized carbons (Fsp3) is 0.588. The Morgan fingerprint density at radius 1 is 1.38 bits per heavy atom. The first-order chi connectivity index (χ1) is 11.4. The summed E-state index contributed by atoms with van der Waals surface area (Å²) in [7, 11) is 0. The van der Waals surface area contributed by atoms with Gasteiger partial charge in [-0.15, -0.1) is 0 Å². The number of carbonyl (C=O) groups is 1. The number of alkyl halides is 2. The summed E-state index contributed by atoms with van der Waals surface area (Å²) in [5, 5.41) is 4.17. The van der Waals surface area contributed by atoms with Gasteiger partial charge in [0, 0.05) is 51.4 Å². The van der Waals surface area contributed by atoms with E-state index in [1.807, 2.05) is 18.2 Å². The average molecular weight is 337 g/mol. The van der Waals surface area contributed by atoms with E-state index in [9.17, 15) is 13.6 Å². The molecule has 1 aromatic rings. The molecule has 0 bridgehead atoms. The largest absolute Gasteiger partial charge is 0.388 e. The Morgan fingerprint density at radius 2 is 2.12 bits per heavy atom. The summed E-state index contributed by atoms with van der Waals surface area (Å²) in [4.78, 5) is 23.7. The SMILES string of the molecule is CC(F)(F)CCC(=O)N1CCC2(CC1)CC(c1ccccn1)=NO2. The number of hydrogen-bond acceptors (Lipinski definition) is 4. The molecule has 3 heterocycles. The van der Waals surface area contributed by atoms with Crippen LogP contribution in [0.5, 0.6) is 0 Å². The standard InChI is InChI=1S/C17H21F2N3O2/c1-16(18,19)6-5-15(23)22-10-7-17(8-11-22)12-14(21-24-17)13-4-2-3-9-20-13/h2-4,9H,5-8,10-12H2,1H3. The highest BCUT2D eigenvalue weighted by Crippen LogP contribution is 2.36. The van der Waals surface area contributed by atoms with E-state index >= 15 is 0 Å². The summed E-state index contributed by atoms with van der Waals surface area (Å²) in [6, 6.07) is 5.64. The van der Waals surface area contributed by atoms with Crippen LogP contribution in [0.2, 0.25) is 0 Å². The predicted molar refractivity (Wildman–Crippen MR) is 84.9 cm³/mol. The summed E-state index contributed by atoms with van der Waals surface area (Å²) in [6.07, 6.45) is 3.17. The lowest BCUT2D eigenvalue weighted by Gasteiger charge is -2.37. The molecule has 1 amide bonds. The molecule has 1 saturated heterocycles. The minimum atomic E-state index is -2.80. The molecule has 2 aliphatic rings. The molecule has 24 heavy (non-hydrogen) atoms. The first-order valence-electron chi connectivity index (χ1n) is 8.19. The van der Waals surface area contributed by atoms with E-state index in [0.717, 1.165) is 18.3 Å². The maximum atomic E-state index is 12.9. The van der Waals surface area contributed by atoms with Crippen molar-refractivity contribution in [1.82, 2.24) is 9.88 Å². The lowest BCUT2D eigenvalue weighted by atomic mass is 9.86. The number of carbonyl (C=O) groups excluding carboxylic acids is 1. The van der Waals surface area contributed by atoms with E-state index in [-0.39, 0.29) is 12.3 Å². The maximum Gasteiger partial charge on any atom is 0.245 e. The van der Waals surface area contributed by atoms with Crippen molar-refractivity contribution in [2.45, 2.75) is 50.6 Å². The van der Waals surface area contributed by atoms with Gasteiger partial charge in [-0.05, 0) is 19.1 Å². The lowest BCUT2D eigenvalue weighted by molar-refractivity contribution is -0.138. The van der Waals surface area contributed by atoms with Gasteiger partial charge in [-0.25, -0.2) is 8.78 Å². The van der Waals surface area contributed by atoms with Crippen molar-refractivity contribution in [2.75, 3.05) is 13.1 Å². The van der Waals surface area contributed by atoms with Gasteiger partial charge in [0.1, 0.15) is 11.3 Å². The smallest absolute Gasteiger partial charge is 0.245 e. The van der Waals surface area contributed by atoms with Crippen molar-refractivity contribution in [2.24, 2.45) is 5.16 Å². The molecule has 5 nitrogen and oxygen atoms in total. The summed E-state index contributed by atoms with van der Waals surface area (Å²) >= 11 is 0. The third-order valence-corrected chi connectivity index (χ3v) is 4.60. The highest BCUT2D eigenvalue weighted by molar-refractivity contribution is 6.00. The molecule has 0 aromatic carbocycles. The van der Waals surface area contributed by atoms with Crippen LogP contribution >= 0.6 is 0 Å². The summed E-state index contributed by atoms with van der Waals surface area (Å²) < 4.78 is 25.8. The number of hydrogen-bond donors (Lipinski definition) is 0. The Bertz CT molecular complexity index is 620. The molecule has 2 aliphatic heterocycles. The van der Waals surface area contributed by atoms with Gasteiger partial charge in [-0.3, -0.25) is 9.78 Å². The summed E-state index contributed by atoms with van der Waals surface area (Å²) in [6.45, 7) is 1.87. The van der Waals surface area contributed by atoms with Crippen molar-refractivity contribution in [3.05, 3.63) is 30.1 Å². The van der Waals surface area contributed by atoms with Gasteiger partial charge in [-0.1, -0.05) is 11.2 Å². The van der Waals surface area contributed by atoms with Gasteiger partial charge in [0.2, 0.25) is 11.8 Å². The van der Waals surface area contributed by atoms with Crippen LogP contribution in [0.25, 0.3) is 0 Å². The monoisotopic (exact) mass is 337 g/mol. The quantitative estimate of drug-likeness (QED) is 0.849. The zero-order valence-corrected chi connectivity index (χ0v) is 13.7. The second-order valence-corrected chi connectivity index (χ2v) is 6.66. The molecule has 1 aromatic heterocycles. The number of rotatable bonds is 4. The van der Waals surface area contributed by atoms with Crippen molar-refractivity contribution in [3.63, 3.8) is 0 Å². The second-order valence-electron chi connectivity index (χ2n) is 6.66. The van der Waals surface area contributed by atoms with E-state index in [0.29, 0.717) is 32.4 Å². The highest BCUT2D eigenvalue weighted by Gasteiger charge is 2.43. The van der Waals surface area contributed by atoms with Gasteiger partial charge >= 0.3 is 0 Å². The molecule has 0 radical (unpaired) electrons. The van der Waals surface area contributed by atoms with Crippen LogP contribution in [0.15, 0.2) is 29.6 Å². The fourth-order valence-electron chi connectivity index (χ4n) is 3.11. The van der Waals surface area contributed by atoms with E-state index in [1.165, 1.54) is 0 Å². The molecule has 0 saturated carbocycles. The number of piperidine rings is 1. The zero-order chi connectivity index (χ0) is 17.2. The number of oxime groups is 1. The Morgan fingerprint density at radius 3 is 2.75 bits per heavy atom. The van der Waals surface area contributed by atoms with Crippen molar-refractivity contribution in [1.29, 1.82) is 0 Å². The Labute approximate surface area is 139 Å². The van der Waals surface area contributed by atoms with Crippen LogP contribution in [-0.4, -0.2) is 46.1 Å².